The lowest BCUT2D eigenvalue weighted by molar-refractivity contribution is 0.111. The molecular formula is C54H28O2. The van der Waals surface area contributed by atoms with Crippen molar-refractivity contribution in [2.24, 2.45) is 0 Å². The van der Waals surface area contributed by atoms with Crippen LogP contribution in [-0.4, -0.2) is 12.6 Å². The molecule has 0 radical (unpaired) electrons. The van der Waals surface area contributed by atoms with Gasteiger partial charge in [0.25, 0.3) is 0 Å². The van der Waals surface area contributed by atoms with Gasteiger partial charge in [0, 0.05) is 22.3 Å². The number of aldehydes is 2. The Morgan fingerprint density at radius 1 is 0.250 bits per heavy atom. The van der Waals surface area contributed by atoms with Crippen LogP contribution in [0, 0.1) is 0 Å². The van der Waals surface area contributed by atoms with E-state index in [9.17, 15) is 9.59 Å². The predicted molar refractivity (Wildman–Crippen MR) is 233 cm³/mol. The number of carbonyl (C=O) groups is 2. The second kappa shape index (κ2) is 10.6. The van der Waals surface area contributed by atoms with Gasteiger partial charge < -0.3 is 0 Å². The third kappa shape index (κ3) is 3.49. The predicted octanol–water partition coefficient (Wildman–Crippen LogP) is 14.3. The molecule has 0 N–H and O–H groups in total. The maximum absolute atomic E-state index is 13.2. The fraction of sp³-hybridized carbons (Fsp3) is 0. The Morgan fingerprint density at radius 2 is 0.571 bits per heavy atom. The number of carbonyl (C=O) groups excluding carboxylic acids is 2. The second-order valence-electron chi connectivity index (χ2n) is 15.3. The van der Waals surface area contributed by atoms with Crippen molar-refractivity contribution in [2.75, 3.05) is 0 Å². The highest BCUT2D eigenvalue weighted by atomic mass is 16.1. The van der Waals surface area contributed by atoms with Gasteiger partial charge in [0.2, 0.25) is 0 Å². The summed E-state index contributed by atoms with van der Waals surface area (Å²) < 4.78 is 0. The first-order valence-corrected chi connectivity index (χ1v) is 19.2. The van der Waals surface area contributed by atoms with Gasteiger partial charge in [-0.05, 0) is 120 Å². The van der Waals surface area contributed by atoms with Crippen LogP contribution in [0.3, 0.4) is 0 Å². The Hall–Kier alpha value is -7.42. The second-order valence-corrected chi connectivity index (χ2v) is 15.3. The number of hydrogen-bond donors (Lipinski definition) is 0. The number of benzene rings is 11. The first-order valence-electron chi connectivity index (χ1n) is 19.2. The topological polar surface area (TPSA) is 34.1 Å². The molecule has 0 heterocycles. The summed E-state index contributed by atoms with van der Waals surface area (Å²) in [5, 5.41) is 13.8. The molecule has 0 saturated carbocycles. The molecule has 13 rings (SSSR count). The Labute approximate surface area is 321 Å². The van der Waals surface area contributed by atoms with Crippen molar-refractivity contribution in [3.63, 3.8) is 0 Å². The van der Waals surface area contributed by atoms with Crippen LogP contribution in [0.15, 0.2) is 158 Å². The molecule has 0 atom stereocenters. The van der Waals surface area contributed by atoms with Crippen LogP contribution in [0.5, 0.6) is 0 Å². The minimum Gasteiger partial charge on any atom is -0.298 e. The maximum atomic E-state index is 13.2. The molecule has 56 heavy (non-hydrogen) atoms. The van der Waals surface area contributed by atoms with Crippen molar-refractivity contribution < 1.29 is 9.59 Å². The van der Waals surface area contributed by atoms with Gasteiger partial charge in [0.05, 0.1) is 0 Å². The minimum atomic E-state index is 0.743. The van der Waals surface area contributed by atoms with Gasteiger partial charge in [-0.15, -0.1) is 0 Å². The summed E-state index contributed by atoms with van der Waals surface area (Å²) >= 11 is 0. The fourth-order valence-corrected chi connectivity index (χ4v) is 10.8. The van der Waals surface area contributed by atoms with Crippen molar-refractivity contribution in [1.29, 1.82) is 0 Å². The van der Waals surface area contributed by atoms with Gasteiger partial charge in [0.15, 0.2) is 12.6 Å². The molecule has 0 amide bonds. The molecule has 2 nitrogen and oxygen atoms in total. The minimum absolute atomic E-state index is 0.743. The first kappa shape index (κ1) is 30.0. The molecule has 2 aliphatic rings. The van der Waals surface area contributed by atoms with Gasteiger partial charge in [0.1, 0.15) is 0 Å². The van der Waals surface area contributed by atoms with Gasteiger partial charge in [-0.2, -0.15) is 0 Å². The van der Waals surface area contributed by atoms with Crippen molar-refractivity contribution >= 4 is 77.2 Å². The van der Waals surface area contributed by atoms with E-state index in [1.807, 2.05) is 12.1 Å². The molecule has 11 aromatic rings. The van der Waals surface area contributed by atoms with E-state index in [1.165, 1.54) is 65.3 Å². The van der Waals surface area contributed by atoms with E-state index in [1.54, 1.807) is 0 Å². The largest absolute Gasteiger partial charge is 0.298 e. The molecule has 0 unspecified atom stereocenters. The number of hydrogen-bond acceptors (Lipinski definition) is 2. The molecule has 0 fully saturated rings. The van der Waals surface area contributed by atoms with Crippen molar-refractivity contribution in [3.8, 4) is 66.8 Å². The Morgan fingerprint density at radius 3 is 0.929 bits per heavy atom. The Balaban J connectivity index is 1.18. The van der Waals surface area contributed by atoms with Crippen LogP contribution in [0.4, 0.5) is 0 Å². The van der Waals surface area contributed by atoms with Crippen LogP contribution >= 0.6 is 0 Å². The van der Waals surface area contributed by atoms with E-state index in [2.05, 4.69) is 146 Å². The van der Waals surface area contributed by atoms with Gasteiger partial charge in [-0.1, -0.05) is 158 Å². The highest BCUT2D eigenvalue weighted by molar-refractivity contribution is 6.42. The van der Waals surface area contributed by atoms with Crippen LogP contribution in [0.2, 0.25) is 0 Å². The molecule has 11 aromatic carbocycles. The summed E-state index contributed by atoms with van der Waals surface area (Å²) in [6, 6.07) is 56.1. The van der Waals surface area contributed by atoms with Gasteiger partial charge in [-0.3, -0.25) is 9.59 Å². The molecule has 0 aliphatic heterocycles. The third-order valence-corrected chi connectivity index (χ3v) is 12.9. The summed E-state index contributed by atoms with van der Waals surface area (Å²) in [5.74, 6) is 0. The van der Waals surface area contributed by atoms with Crippen LogP contribution < -0.4 is 0 Å². The smallest absolute Gasteiger partial charge is 0.151 e. The Bertz CT molecular complexity index is 3340. The fourth-order valence-electron chi connectivity index (χ4n) is 10.8. The zero-order chi connectivity index (χ0) is 36.8. The molecule has 0 aromatic heterocycles. The Kier molecular flexibility index (Phi) is 5.68. The zero-order valence-electron chi connectivity index (χ0n) is 30.0. The van der Waals surface area contributed by atoms with Crippen molar-refractivity contribution in [1.82, 2.24) is 0 Å². The van der Waals surface area contributed by atoms with Crippen LogP contribution in [0.1, 0.15) is 20.7 Å². The molecule has 2 heteroatoms. The average molecular weight is 709 g/mol. The van der Waals surface area contributed by atoms with E-state index >= 15 is 0 Å². The highest BCUT2D eigenvalue weighted by Crippen LogP contribution is 2.60. The van der Waals surface area contributed by atoms with E-state index < -0.39 is 0 Å². The molecular weight excluding hydrogens is 681 g/mol. The lowest BCUT2D eigenvalue weighted by Gasteiger charge is -2.17. The van der Waals surface area contributed by atoms with Crippen molar-refractivity contribution in [2.45, 2.75) is 0 Å². The SMILES string of the molecule is O=Cc1c2c(c(-c3ccccc3)c3ccccc13)-c1ccc3c4ccc5c6c(ccc(c7ccc-2c1c73)c64)-c1c-5c(C=O)c2ccccc2c1-c1ccccc1. The standard InChI is InChI=1S/C54H28O2/c55-27-43-31-15-7-9-17-33(31)45(29-11-3-1-4-12-29)53-41-25-21-37-36-20-24-40-50-42(26-22-38(48(36)50)35-19-23-39(51(43)53)49(41)47(35)37)54-46(30-13-5-2-6-14-30)34-18-10-8-16-32(34)44(28-56)52(40)54/h1-28H. The highest BCUT2D eigenvalue weighted by Gasteiger charge is 2.34. The van der Waals surface area contributed by atoms with E-state index in [0.717, 1.165) is 89.8 Å². The third-order valence-electron chi connectivity index (χ3n) is 12.9. The quantitative estimate of drug-likeness (QED) is 0.104. The van der Waals surface area contributed by atoms with Gasteiger partial charge >= 0.3 is 0 Å². The van der Waals surface area contributed by atoms with Crippen LogP contribution in [-0.2, 0) is 0 Å². The first-order chi connectivity index (χ1) is 27.8. The van der Waals surface area contributed by atoms with E-state index in [-0.39, 0.29) is 0 Å². The number of fused-ring (bicyclic) bond motifs is 10. The van der Waals surface area contributed by atoms with E-state index in [0.29, 0.717) is 0 Å². The number of rotatable bonds is 4. The summed E-state index contributed by atoms with van der Waals surface area (Å²) in [6.07, 6.45) is 2.11. The summed E-state index contributed by atoms with van der Waals surface area (Å²) in [7, 11) is 0. The molecule has 2 aliphatic carbocycles. The summed E-state index contributed by atoms with van der Waals surface area (Å²) in [5.41, 5.74) is 15.0. The summed E-state index contributed by atoms with van der Waals surface area (Å²) in [6.45, 7) is 0. The maximum Gasteiger partial charge on any atom is 0.151 e. The molecule has 0 spiro atoms. The molecule has 0 bridgehead atoms. The average Bonchev–Trinajstić information content (AvgIpc) is 3.78. The zero-order valence-corrected chi connectivity index (χ0v) is 30.0. The van der Waals surface area contributed by atoms with Gasteiger partial charge in [-0.25, -0.2) is 0 Å². The van der Waals surface area contributed by atoms with Crippen molar-refractivity contribution in [3.05, 3.63) is 169 Å². The molecule has 0 saturated heterocycles. The van der Waals surface area contributed by atoms with Crippen LogP contribution in [0.25, 0.3) is 131 Å². The monoisotopic (exact) mass is 708 g/mol. The lowest BCUT2D eigenvalue weighted by Crippen LogP contribution is -1.95. The summed E-state index contributed by atoms with van der Waals surface area (Å²) in [4.78, 5) is 26.3. The normalized spacial score (nSPS) is 12.4. The lowest BCUT2D eigenvalue weighted by atomic mass is 9.85. The molecule has 256 valence electrons. The van der Waals surface area contributed by atoms with E-state index in [4.69, 9.17) is 0 Å².